The summed E-state index contributed by atoms with van der Waals surface area (Å²) in [7, 11) is 0. The largest absolute Gasteiger partial charge is 0.376 e. The summed E-state index contributed by atoms with van der Waals surface area (Å²) in [5, 5.41) is 2.67. The predicted octanol–water partition coefficient (Wildman–Crippen LogP) is 0.294. The van der Waals surface area contributed by atoms with Crippen LogP contribution in [0.15, 0.2) is 0 Å². The summed E-state index contributed by atoms with van der Waals surface area (Å²) in [5.41, 5.74) is 0. The van der Waals surface area contributed by atoms with Gasteiger partial charge >= 0.3 is 11.8 Å². The molecule has 2 amide bonds. The maximum absolute atomic E-state index is 11.8. The summed E-state index contributed by atoms with van der Waals surface area (Å²) in [4.78, 5) is 25.1. The van der Waals surface area contributed by atoms with Crippen molar-refractivity contribution in [1.29, 1.82) is 0 Å². The van der Waals surface area contributed by atoms with Gasteiger partial charge < -0.3 is 15.0 Å². The van der Waals surface area contributed by atoms with E-state index in [1.807, 2.05) is 0 Å². The van der Waals surface area contributed by atoms with Crippen molar-refractivity contribution in [1.82, 2.24) is 10.2 Å². The Balaban J connectivity index is 1.72. The molecule has 96 valence electrons. The van der Waals surface area contributed by atoms with Gasteiger partial charge in [0.15, 0.2) is 0 Å². The highest BCUT2D eigenvalue weighted by molar-refractivity contribution is 6.35. The van der Waals surface area contributed by atoms with Crippen LogP contribution in [0, 0.1) is 0 Å². The van der Waals surface area contributed by atoms with Crippen molar-refractivity contribution in [2.24, 2.45) is 0 Å². The Morgan fingerprint density at radius 2 is 1.94 bits per heavy atom. The number of ether oxygens (including phenoxy) is 1. The number of carbonyl (C=O) groups is 2. The Kier molecular flexibility index (Phi) is 4.36. The highest BCUT2D eigenvalue weighted by atomic mass is 16.5. The highest BCUT2D eigenvalue weighted by Crippen LogP contribution is 2.11. The Bertz CT molecular complexity index is 281. The molecule has 0 bridgehead atoms. The van der Waals surface area contributed by atoms with E-state index in [0.717, 1.165) is 38.7 Å². The van der Waals surface area contributed by atoms with Gasteiger partial charge in [0.25, 0.3) is 0 Å². The molecule has 5 heteroatoms. The van der Waals surface area contributed by atoms with E-state index in [0.29, 0.717) is 19.6 Å². The third kappa shape index (κ3) is 3.43. The molecule has 0 aromatic heterocycles. The average Bonchev–Trinajstić information content (AvgIpc) is 2.89. The number of hydrogen-bond acceptors (Lipinski definition) is 3. The van der Waals surface area contributed by atoms with Crippen LogP contribution in [0.5, 0.6) is 0 Å². The minimum atomic E-state index is -0.484. The highest BCUT2D eigenvalue weighted by Gasteiger charge is 2.24. The molecule has 0 aromatic rings. The topological polar surface area (TPSA) is 58.6 Å². The van der Waals surface area contributed by atoms with Gasteiger partial charge in [0, 0.05) is 26.2 Å². The lowest BCUT2D eigenvalue weighted by Gasteiger charge is -2.26. The van der Waals surface area contributed by atoms with E-state index in [9.17, 15) is 9.59 Å². The summed E-state index contributed by atoms with van der Waals surface area (Å²) in [6.45, 7) is 2.65. The summed E-state index contributed by atoms with van der Waals surface area (Å²) < 4.78 is 5.39. The molecule has 2 fully saturated rings. The molecule has 0 saturated carbocycles. The lowest BCUT2D eigenvalue weighted by atomic mass is 10.1. The number of rotatable bonds is 2. The zero-order valence-corrected chi connectivity index (χ0v) is 10.1. The van der Waals surface area contributed by atoms with Crippen LogP contribution in [0.4, 0.5) is 0 Å². The van der Waals surface area contributed by atoms with Crippen LogP contribution in [0.1, 0.15) is 32.1 Å². The number of hydrogen-bond donors (Lipinski definition) is 1. The standard InChI is InChI=1S/C12H20N2O3/c15-11(13-9-10-5-4-8-17-10)12(16)14-6-2-1-3-7-14/h10H,1-9H2,(H,13,15). The minimum Gasteiger partial charge on any atom is -0.376 e. The average molecular weight is 240 g/mol. The SMILES string of the molecule is O=C(NCC1CCCO1)C(=O)N1CCCCC1. The molecule has 0 aromatic carbocycles. The van der Waals surface area contributed by atoms with E-state index in [4.69, 9.17) is 4.74 Å². The van der Waals surface area contributed by atoms with Crippen LogP contribution in [0.3, 0.4) is 0 Å². The number of nitrogens with zero attached hydrogens (tertiary/aromatic N) is 1. The van der Waals surface area contributed by atoms with E-state index in [2.05, 4.69) is 5.32 Å². The molecular formula is C12H20N2O3. The maximum Gasteiger partial charge on any atom is 0.311 e. The van der Waals surface area contributed by atoms with Crippen molar-refractivity contribution in [3.8, 4) is 0 Å². The van der Waals surface area contributed by atoms with Crippen molar-refractivity contribution in [2.45, 2.75) is 38.2 Å². The molecule has 0 radical (unpaired) electrons. The fourth-order valence-corrected chi connectivity index (χ4v) is 2.33. The number of nitrogens with one attached hydrogen (secondary N) is 1. The summed E-state index contributed by atoms with van der Waals surface area (Å²) >= 11 is 0. The molecule has 5 nitrogen and oxygen atoms in total. The Hall–Kier alpha value is -1.10. The van der Waals surface area contributed by atoms with Crippen LogP contribution in [0.25, 0.3) is 0 Å². The first kappa shape index (κ1) is 12.4. The van der Waals surface area contributed by atoms with Gasteiger partial charge in [-0.3, -0.25) is 9.59 Å². The number of carbonyl (C=O) groups excluding carboxylic acids is 2. The van der Waals surface area contributed by atoms with E-state index < -0.39 is 5.91 Å². The van der Waals surface area contributed by atoms with Crippen molar-refractivity contribution in [3.63, 3.8) is 0 Å². The molecule has 0 aliphatic carbocycles. The van der Waals surface area contributed by atoms with Gasteiger partial charge in [-0.15, -0.1) is 0 Å². The second kappa shape index (κ2) is 6.00. The van der Waals surface area contributed by atoms with E-state index in [-0.39, 0.29) is 12.0 Å². The number of likely N-dealkylation sites (tertiary alicyclic amines) is 1. The molecular weight excluding hydrogens is 220 g/mol. The normalized spacial score (nSPS) is 24.7. The first-order chi connectivity index (χ1) is 8.27. The molecule has 1 unspecified atom stereocenters. The molecule has 2 saturated heterocycles. The molecule has 2 aliphatic rings. The minimum absolute atomic E-state index is 0.0908. The fourth-order valence-electron chi connectivity index (χ4n) is 2.33. The van der Waals surface area contributed by atoms with Crippen molar-refractivity contribution in [3.05, 3.63) is 0 Å². The third-order valence-corrected chi connectivity index (χ3v) is 3.35. The van der Waals surface area contributed by atoms with Crippen molar-refractivity contribution in [2.75, 3.05) is 26.2 Å². The Morgan fingerprint density at radius 3 is 2.59 bits per heavy atom. The maximum atomic E-state index is 11.8. The molecule has 17 heavy (non-hydrogen) atoms. The first-order valence-electron chi connectivity index (χ1n) is 6.46. The summed E-state index contributed by atoms with van der Waals surface area (Å²) in [6.07, 6.45) is 5.27. The second-order valence-electron chi connectivity index (χ2n) is 4.70. The van der Waals surface area contributed by atoms with Gasteiger partial charge in [-0.2, -0.15) is 0 Å². The van der Waals surface area contributed by atoms with Gasteiger partial charge in [0.2, 0.25) is 0 Å². The van der Waals surface area contributed by atoms with Crippen LogP contribution >= 0.6 is 0 Å². The van der Waals surface area contributed by atoms with E-state index in [1.54, 1.807) is 4.90 Å². The van der Waals surface area contributed by atoms with Crippen LogP contribution < -0.4 is 5.32 Å². The Labute approximate surface area is 101 Å². The van der Waals surface area contributed by atoms with Crippen LogP contribution in [-0.4, -0.2) is 49.1 Å². The molecule has 2 rings (SSSR count). The van der Waals surface area contributed by atoms with Gasteiger partial charge in [0.05, 0.1) is 6.10 Å². The third-order valence-electron chi connectivity index (χ3n) is 3.35. The quantitative estimate of drug-likeness (QED) is 0.706. The predicted molar refractivity (Wildman–Crippen MR) is 62.4 cm³/mol. The second-order valence-corrected chi connectivity index (χ2v) is 4.70. The van der Waals surface area contributed by atoms with E-state index in [1.165, 1.54) is 0 Å². The lowest BCUT2D eigenvalue weighted by Crippen LogP contribution is -2.46. The summed E-state index contributed by atoms with van der Waals surface area (Å²) in [6, 6.07) is 0. The van der Waals surface area contributed by atoms with Crippen molar-refractivity contribution < 1.29 is 14.3 Å². The molecule has 0 spiro atoms. The lowest BCUT2D eigenvalue weighted by molar-refractivity contribution is -0.146. The van der Waals surface area contributed by atoms with Gasteiger partial charge in [-0.25, -0.2) is 0 Å². The molecule has 1 atom stereocenters. The van der Waals surface area contributed by atoms with E-state index >= 15 is 0 Å². The number of amides is 2. The van der Waals surface area contributed by atoms with Gasteiger partial charge in [-0.05, 0) is 32.1 Å². The fraction of sp³-hybridized carbons (Fsp3) is 0.833. The zero-order valence-electron chi connectivity index (χ0n) is 10.1. The monoisotopic (exact) mass is 240 g/mol. The van der Waals surface area contributed by atoms with Crippen LogP contribution in [0.2, 0.25) is 0 Å². The summed E-state index contributed by atoms with van der Waals surface area (Å²) in [5.74, 6) is -0.870. The van der Waals surface area contributed by atoms with Crippen LogP contribution in [-0.2, 0) is 14.3 Å². The van der Waals surface area contributed by atoms with Crippen molar-refractivity contribution >= 4 is 11.8 Å². The van der Waals surface area contributed by atoms with Gasteiger partial charge in [-0.1, -0.05) is 0 Å². The zero-order chi connectivity index (χ0) is 12.1. The first-order valence-corrected chi connectivity index (χ1v) is 6.46. The number of piperidine rings is 1. The molecule has 2 heterocycles. The molecule has 2 aliphatic heterocycles. The van der Waals surface area contributed by atoms with Gasteiger partial charge in [0.1, 0.15) is 0 Å². The smallest absolute Gasteiger partial charge is 0.311 e. The molecule has 1 N–H and O–H groups in total. The Morgan fingerprint density at radius 1 is 1.18 bits per heavy atom.